The minimum Gasteiger partial charge on any atom is -0.328 e. The van der Waals surface area contributed by atoms with Crippen LogP contribution in [0.15, 0.2) is 41.8 Å². The lowest BCUT2D eigenvalue weighted by Gasteiger charge is -2.14. The number of hydrogen-bond acceptors (Lipinski definition) is 3. The third-order valence-electron chi connectivity index (χ3n) is 5.34. The van der Waals surface area contributed by atoms with Crippen LogP contribution in [0.5, 0.6) is 0 Å². The minimum atomic E-state index is 0.305. The highest BCUT2D eigenvalue weighted by molar-refractivity contribution is 7.10. The van der Waals surface area contributed by atoms with E-state index in [0.29, 0.717) is 6.04 Å². The first-order chi connectivity index (χ1) is 13.0. The van der Waals surface area contributed by atoms with Crippen LogP contribution in [0.2, 0.25) is 0 Å². The molecule has 0 saturated heterocycles. The lowest BCUT2D eigenvalue weighted by molar-refractivity contribution is 0.595. The third-order valence-corrected chi connectivity index (χ3v) is 6.19. The highest BCUT2D eigenvalue weighted by Crippen LogP contribution is 2.26. The molecule has 0 spiro atoms. The number of aryl methyl sites for hydroxylation is 4. The molecule has 0 aliphatic heterocycles. The SMILES string of the molecule is CCC(N)CCc1cc(C)c(Cc2nc(-c3ccc(C)cc3)cs2)cc1C. The summed E-state index contributed by atoms with van der Waals surface area (Å²) in [6.07, 6.45) is 4.07. The summed E-state index contributed by atoms with van der Waals surface area (Å²) in [5, 5.41) is 3.34. The molecular formula is C24H30N2S. The first kappa shape index (κ1) is 19.8. The van der Waals surface area contributed by atoms with Crippen molar-refractivity contribution in [2.75, 3.05) is 0 Å². The summed E-state index contributed by atoms with van der Waals surface area (Å²) in [6.45, 7) is 8.70. The van der Waals surface area contributed by atoms with E-state index in [1.807, 2.05) is 0 Å². The molecular weight excluding hydrogens is 348 g/mol. The Morgan fingerprint density at radius 3 is 2.37 bits per heavy atom. The molecule has 0 fully saturated rings. The topological polar surface area (TPSA) is 38.9 Å². The Bertz CT molecular complexity index is 893. The van der Waals surface area contributed by atoms with E-state index < -0.39 is 0 Å². The van der Waals surface area contributed by atoms with Crippen LogP contribution in [0, 0.1) is 20.8 Å². The number of hydrogen-bond donors (Lipinski definition) is 1. The summed E-state index contributed by atoms with van der Waals surface area (Å²) in [5.41, 5.74) is 15.2. The molecule has 0 aliphatic rings. The van der Waals surface area contributed by atoms with Gasteiger partial charge < -0.3 is 5.73 Å². The summed E-state index contributed by atoms with van der Waals surface area (Å²) in [7, 11) is 0. The standard InChI is InChI=1S/C24H30N2S/c1-5-22(25)11-10-20-12-18(4)21(13-17(20)3)14-24-26-23(15-27-24)19-8-6-16(2)7-9-19/h6-9,12-13,15,22H,5,10-11,14,25H2,1-4H3. The quantitative estimate of drug-likeness (QED) is 0.548. The monoisotopic (exact) mass is 378 g/mol. The van der Waals surface area contributed by atoms with Gasteiger partial charge in [-0.1, -0.05) is 48.9 Å². The minimum absolute atomic E-state index is 0.305. The van der Waals surface area contributed by atoms with Gasteiger partial charge in [-0.25, -0.2) is 4.98 Å². The van der Waals surface area contributed by atoms with Crippen molar-refractivity contribution in [3.05, 3.63) is 74.6 Å². The van der Waals surface area contributed by atoms with E-state index in [4.69, 9.17) is 10.7 Å². The Morgan fingerprint density at radius 2 is 1.67 bits per heavy atom. The number of aromatic nitrogens is 1. The molecule has 1 unspecified atom stereocenters. The third kappa shape index (κ3) is 5.06. The molecule has 0 aliphatic carbocycles. The van der Waals surface area contributed by atoms with E-state index >= 15 is 0 Å². The van der Waals surface area contributed by atoms with Crippen molar-refractivity contribution in [2.45, 2.75) is 59.4 Å². The Labute approximate surface area is 167 Å². The fourth-order valence-corrected chi connectivity index (χ4v) is 4.18. The Kier molecular flexibility index (Phi) is 6.46. The number of rotatable bonds is 7. The number of benzene rings is 2. The number of nitrogens with zero attached hydrogens (tertiary/aromatic N) is 1. The van der Waals surface area contributed by atoms with E-state index in [9.17, 15) is 0 Å². The van der Waals surface area contributed by atoms with E-state index in [1.165, 1.54) is 38.4 Å². The van der Waals surface area contributed by atoms with E-state index in [1.54, 1.807) is 11.3 Å². The van der Waals surface area contributed by atoms with Gasteiger partial charge in [-0.2, -0.15) is 0 Å². The second-order valence-electron chi connectivity index (χ2n) is 7.58. The van der Waals surface area contributed by atoms with Crippen LogP contribution in [0.1, 0.15) is 52.6 Å². The zero-order valence-electron chi connectivity index (χ0n) is 16.9. The number of thiazole rings is 1. The Hall–Kier alpha value is -1.97. The van der Waals surface area contributed by atoms with Gasteiger partial charge in [0.05, 0.1) is 10.7 Å². The van der Waals surface area contributed by atoms with Gasteiger partial charge in [0.25, 0.3) is 0 Å². The van der Waals surface area contributed by atoms with Crippen LogP contribution in [0.4, 0.5) is 0 Å². The molecule has 2 aromatic carbocycles. The van der Waals surface area contributed by atoms with Gasteiger partial charge in [0, 0.05) is 23.4 Å². The van der Waals surface area contributed by atoms with Crippen LogP contribution >= 0.6 is 11.3 Å². The first-order valence-corrected chi connectivity index (χ1v) is 10.7. The van der Waals surface area contributed by atoms with Gasteiger partial charge in [0.1, 0.15) is 0 Å². The largest absolute Gasteiger partial charge is 0.328 e. The maximum absolute atomic E-state index is 6.09. The second kappa shape index (κ2) is 8.81. The molecule has 1 aromatic heterocycles. The molecule has 0 amide bonds. The summed E-state index contributed by atoms with van der Waals surface area (Å²) in [6, 6.07) is 13.6. The van der Waals surface area contributed by atoms with Crippen molar-refractivity contribution in [3.8, 4) is 11.3 Å². The molecule has 27 heavy (non-hydrogen) atoms. The Balaban J connectivity index is 1.74. The van der Waals surface area contributed by atoms with E-state index in [2.05, 4.69) is 69.5 Å². The predicted molar refractivity (Wildman–Crippen MR) is 118 cm³/mol. The summed E-state index contributed by atoms with van der Waals surface area (Å²) in [4.78, 5) is 4.87. The smallest absolute Gasteiger partial charge is 0.0976 e. The summed E-state index contributed by atoms with van der Waals surface area (Å²) >= 11 is 1.75. The van der Waals surface area contributed by atoms with Crippen LogP contribution in [0.25, 0.3) is 11.3 Å². The summed E-state index contributed by atoms with van der Waals surface area (Å²) < 4.78 is 0. The van der Waals surface area contributed by atoms with Crippen molar-refractivity contribution in [3.63, 3.8) is 0 Å². The zero-order valence-corrected chi connectivity index (χ0v) is 17.7. The molecule has 142 valence electrons. The molecule has 1 heterocycles. The molecule has 0 radical (unpaired) electrons. The zero-order chi connectivity index (χ0) is 19.4. The normalized spacial score (nSPS) is 12.3. The maximum atomic E-state index is 6.09. The lowest BCUT2D eigenvalue weighted by atomic mass is 9.94. The molecule has 0 bridgehead atoms. The van der Waals surface area contributed by atoms with Crippen molar-refractivity contribution in [1.29, 1.82) is 0 Å². The molecule has 3 rings (SSSR count). The number of nitrogens with two attached hydrogens (primary N) is 1. The van der Waals surface area contributed by atoms with Gasteiger partial charge >= 0.3 is 0 Å². The van der Waals surface area contributed by atoms with Crippen LogP contribution in [-0.4, -0.2) is 11.0 Å². The van der Waals surface area contributed by atoms with Crippen LogP contribution in [-0.2, 0) is 12.8 Å². The van der Waals surface area contributed by atoms with Crippen LogP contribution < -0.4 is 5.73 Å². The van der Waals surface area contributed by atoms with Crippen molar-refractivity contribution < 1.29 is 0 Å². The van der Waals surface area contributed by atoms with Crippen molar-refractivity contribution in [2.24, 2.45) is 5.73 Å². The lowest BCUT2D eigenvalue weighted by Crippen LogP contribution is -2.19. The van der Waals surface area contributed by atoms with Gasteiger partial charge in [0.15, 0.2) is 0 Å². The van der Waals surface area contributed by atoms with Gasteiger partial charge in [0.2, 0.25) is 0 Å². The van der Waals surface area contributed by atoms with Gasteiger partial charge in [-0.15, -0.1) is 11.3 Å². The highest BCUT2D eigenvalue weighted by Gasteiger charge is 2.10. The summed E-state index contributed by atoms with van der Waals surface area (Å²) in [5.74, 6) is 0. The fourth-order valence-electron chi connectivity index (χ4n) is 3.35. The average Bonchev–Trinajstić information content (AvgIpc) is 3.12. The molecule has 2 N–H and O–H groups in total. The average molecular weight is 379 g/mol. The molecule has 1 atom stereocenters. The second-order valence-corrected chi connectivity index (χ2v) is 8.52. The Morgan fingerprint density at radius 1 is 1.00 bits per heavy atom. The molecule has 0 saturated carbocycles. The maximum Gasteiger partial charge on any atom is 0.0976 e. The predicted octanol–water partition coefficient (Wildman–Crippen LogP) is 6.00. The van der Waals surface area contributed by atoms with E-state index in [0.717, 1.165) is 31.4 Å². The van der Waals surface area contributed by atoms with Gasteiger partial charge in [-0.3, -0.25) is 0 Å². The van der Waals surface area contributed by atoms with Crippen molar-refractivity contribution >= 4 is 11.3 Å². The van der Waals surface area contributed by atoms with Gasteiger partial charge in [-0.05, 0) is 62.3 Å². The van der Waals surface area contributed by atoms with Crippen LogP contribution in [0.3, 0.4) is 0 Å². The van der Waals surface area contributed by atoms with Crippen molar-refractivity contribution in [1.82, 2.24) is 4.98 Å². The molecule has 3 aromatic rings. The molecule has 2 nitrogen and oxygen atoms in total. The van der Waals surface area contributed by atoms with E-state index in [-0.39, 0.29) is 0 Å². The fraction of sp³-hybridized carbons (Fsp3) is 0.375. The molecule has 3 heteroatoms. The highest BCUT2D eigenvalue weighted by atomic mass is 32.1. The first-order valence-electron chi connectivity index (χ1n) is 9.82.